The van der Waals surface area contributed by atoms with E-state index in [2.05, 4.69) is 16.0 Å². The average Bonchev–Trinajstić information content (AvgIpc) is 3.25. The lowest BCUT2D eigenvalue weighted by molar-refractivity contribution is 0.0688. The van der Waals surface area contributed by atoms with Crippen molar-refractivity contribution in [1.29, 1.82) is 5.26 Å². The molecule has 3 aromatic rings. The van der Waals surface area contributed by atoms with Gasteiger partial charge in [0.05, 0.1) is 30.9 Å². The minimum absolute atomic E-state index is 0.00939. The fourth-order valence-corrected chi connectivity index (χ4v) is 6.66. The fourth-order valence-electron chi connectivity index (χ4n) is 5.14. The number of hydrogen-bond donors (Lipinski definition) is 1. The Morgan fingerprint density at radius 1 is 1.27 bits per heavy atom. The number of ether oxygens (including phenoxy) is 2. The minimum atomic E-state index is -3.46. The molecule has 33 heavy (non-hydrogen) atoms. The third kappa shape index (κ3) is 2.96. The summed E-state index contributed by atoms with van der Waals surface area (Å²) < 4.78 is 36.7. The number of H-pyrrole nitrogens is 1. The number of morpholine rings is 1. The first-order chi connectivity index (χ1) is 15.9. The molecule has 6 rings (SSSR count). The van der Waals surface area contributed by atoms with E-state index in [0.29, 0.717) is 73.4 Å². The zero-order chi connectivity index (χ0) is 22.8. The highest BCUT2D eigenvalue weighted by Crippen LogP contribution is 2.53. The molecule has 170 valence electrons. The predicted molar refractivity (Wildman–Crippen MR) is 122 cm³/mol. The standard InChI is InChI=1S/C23H23N5O4S/c1-33(29,30)23(4-2-5-23)20-19-22(28-7-8-31-12-15(28)13-32-19)27-21(26-20)17-9-14(11-24)10-18-16(17)3-6-25-18/h3,6,9-10,15,25H,2,4-5,7-8,12-13H2,1H3. The SMILES string of the molecule is CS(=O)(=O)C1(c2nc(-c3cc(C#N)cc4[nH]ccc34)nc3c2OCC2COCCN32)CCC1. The van der Waals surface area contributed by atoms with Crippen molar-refractivity contribution in [2.45, 2.75) is 30.1 Å². The monoisotopic (exact) mass is 465 g/mol. The number of rotatable bonds is 3. The van der Waals surface area contributed by atoms with Gasteiger partial charge in [0.25, 0.3) is 0 Å². The number of nitrogens with zero attached hydrogens (tertiary/aromatic N) is 4. The van der Waals surface area contributed by atoms with Gasteiger partial charge >= 0.3 is 0 Å². The fraction of sp³-hybridized carbons (Fsp3) is 0.435. The van der Waals surface area contributed by atoms with Crippen molar-refractivity contribution in [3.8, 4) is 23.2 Å². The Hall–Kier alpha value is -3.16. The highest BCUT2D eigenvalue weighted by Gasteiger charge is 2.53. The summed E-state index contributed by atoms with van der Waals surface area (Å²) >= 11 is 0. The molecule has 2 aromatic heterocycles. The summed E-state index contributed by atoms with van der Waals surface area (Å²) in [6.07, 6.45) is 4.90. The number of aromatic nitrogens is 3. The van der Waals surface area contributed by atoms with Gasteiger partial charge < -0.3 is 19.4 Å². The smallest absolute Gasteiger partial charge is 0.185 e. The van der Waals surface area contributed by atoms with Crippen LogP contribution < -0.4 is 9.64 Å². The number of anilines is 1. The third-order valence-corrected chi connectivity index (χ3v) is 9.13. The molecule has 1 aliphatic carbocycles. The van der Waals surface area contributed by atoms with E-state index >= 15 is 0 Å². The minimum Gasteiger partial charge on any atom is -0.486 e. The van der Waals surface area contributed by atoms with Crippen molar-refractivity contribution in [2.24, 2.45) is 0 Å². The van der Waals surface area contributed by atoms with Crippen LogP contribution in [0.5, 0.6) is 5.75 Å². The summed E-state index contributed by atoms with van der Waals surface area (Å²) in [6.45, 7) is 2.13. The molecule has 0 bridgehead atoms. The maximum absolute atomic E-state index is 13.0. The van der Waals surface area contributed by atoms with E-state index in [1.165, 1.54) is 6.26 Å². The lowest BCUT2D eigenvalue weighted by Gasteiger charge is -2.44. The summed E-state index contributed by atoms with van der Waals surface area (Å²) in [5.41, 5.74) is 2.40. The van der Waals surface area contributed by atoms with Crippen LogP contribution in [0.3, 0.4) is 0 Å². The van der Waals surface area contributed by atoms with Crippen LogP contribution in [0.4, 0.5) is 5.82 Å². The molecular weight excluding hydrogens is 442 g/mol. The molecule has 1 unspecified atom stereocenters. The molecule has 0 amide bonds. The van der Waals surface area contributed by atoms with Gasteiger partial charge in [0.2, 0.25) is 0 Å². The number of benzene rings is 1. The second kappa shape index (κ2) is 7.17. The Morgan fingerprint density at radius 2 is 2.12 bits per heavy atom. The number of sulfone groups is 1. The zero-order valence-corrected chi connectivity index (χ0v) is 19.0. The zero-order valence-electron chi connectivity index (χ0n) is 18.2. The number of fused-ring (bicyclic) bond motifs is 4. The third-order valence-electron chi connectivity index (χ3n) is 7.11. The van der Waals surface area contributed by atoms with Crippen molar-refractivity contribution in [3.05, 3.63) is 35.7 Å². The van der Waals surface area contributed by atoms with E-state index in [1.807, 2.05) is 6.07 Å². The van der Waals surface area contributed by atoms with Gasteiger partial charge in [0, 0.05) is 35.5 Å². The molecule has 3 aliphatic rings. The molecule has 1 saturated heterocycles. The molecule has 10 heteroatoms. The molecule has 9 nitrogen and oxygen atoms in total. The first-order valence-electron chi connectivity index (χ1n) is 11.0. The molecule has 2 fully saturated rings. The number of nitrogens with one attached hydrogen (secondary N) is 1. The highest BCUT2D eigenvalue weighted by molar-refractivity contribution is 7.91. The number of aromatic amines is 1. The quantitative estimate of drug-likeness (QED) is 0.626. The van der Waals surface area contributed by atoms with Crippen molar-refractivity contribution >= 4 is 26.6 Å². The van der Waals surface area contributed by atoms with Crippen LogP contribution in [-0.2, 0) is 19.3 Å². The van der Waals surface area contributed by atoms with Crippen molar-refractivity contribution in [1.82, 2.24) is 15.0 Å². The van der Waals surface area contributed by atoms with Crippen LogP contribution in [-0.4, -0.2) is 62.0 Å². The molecule has 1 saturated carbocycles. The summed E-state index contributed by atoms with van der Waals surface area (Å²) in [6, 6.07) is 7.66. The Morgan fingerprint density at radius 3 is 2.85 bits per heavy atom. The van der Waals surface area contributed by atoms with Crippen LogP contribution in [0.25, 0.3) is 22.3 Å². The summed E-state index contributed by atoms with van der Waals surface area (Å²) in [7, 11) is -3.46. The van der Waals surface area contributed by atoms with Crippen molar-refractivity contribution in [2.75, 3.05) is 37.5 Å². The summed E-state index contributed by atoms with van der Waals surface area (Å²) in [5.74, 6) is 1.47. The topological polar surface area (TPSA) is 121 Å². The molecular formula is C23H23N5O4S. The van der Waals surface area contributed by atoms with Crippen LogP contribution >= 0.6 is 0 Å². The van der Waals surface area contributed by atoms with Gasteiger partial charge in [-0.2, -0.15) is 5.26 Å². The van der Waals surface area contributed by atoms with E-state index in [0.717, 1.165) is 17.3 Å². The second-order valence-electron chi connectivity index (χ2n) is 8.98. The maximum Gasteiger partial charge on any atom is 0.185 e. The normalized spacial score (nSPS) is 21.5. The van der Waals surface area contributed by atoms with Crippen LogP contribution in [0.1, 0.15) is 30.5 Å². The summed E-state index contributed by atoms with van der Waals surface area (Å²) in [4.78, 5) is 15.1. The van der Waals surface area contributed by atoms with Gasteiger partial charge in [-0.3, -0.25) is 0 Å². The lowest BCUT2D eigenvalue weighted by atomic mass is 9.80. The van der Waals surface area contributed by atoms with Gasteiger partial charge in [-0.15, -0.1) is 0 Å². The van der Waals surface area contributed by atoms with Gasteiger partial charge in [0.15, 0.2) is 27.2 Å². The Kier molecular flexibility index (Phi) is 4.44. The number of nitriles is 1. The van der Waals surface area contributed by atoms with Crippen molar-refractivity contribution < 1.29 is 17.9 Å². The second-order valence-corrected chi connectivity index (χ2v) is 11.3. The molecule has 0 spiro atoms. The van der Waals surface area contributed by atoms with Crippen LogP contribution in [0.15, 0.2) is 24.4 Å². The van der Waals surface area contributed by atoms with Crippen LogP contribution in [0, 0.1) is 11.3 Å². The first-order valence-corrected chi connectivity index (χ1v) is 12.9. The van der Waals surface area contributed by atoms with Gasteiger partial charge in [-0.25, -0.2) is 18.4 Å². The molecule has 1 aromatic carbocycles. The Labute approximate surface area is 191 Å². The van der Waals surface area contributed by atoms with Gasteiger partial charge in [-0.05, 0) is 37.5 Å². The molecule has 2 aliphatic heterocycles. The van der Waals surface area contributed by atoms with E-state index in [-0.39, 0.29) is 6.04 Å². The lowest BCUT2D eigenvalue weighted by Crippen LogP contribution is -2.52. The molecule has 4 heterocycles. The molecule has 1 N–H and O–H groups in total. The van der Waals surface area contributed by atoms with E-state index in [9.17, 15) is 13.7 Å². The summed E-state index contributed by atoms with van der Waals surface area (Å²) in [5, 5.41) is 10.4. The first kappa shape index (κ1) is 20.4. The van der Waals surface area contributed by atoms with E-state index in [1.54, 1.807) is 18.3 Å². The molecule has 1 atom stereocenters. The van der Waals surface area contributed by atoms with E-state index in [4.69, 9.17) is 19.4 Å². The number of hydrogen-bond acceptors (Lipinski definition) is 8. The molecule has 0 radical (unpaired) electrons. The average molecular weight is 466 g/mol. The van der Waals surface area contributed by atoms with Gasteiger partial charge in [-0.1, -0.05) is 0 Å². The van der Waals surface area contributed by atoms with Gasteiger partial charge in [0.1, 0.15) is 17.0 Å². The van der Waals surface area contributed by atoms with E-state index < -0.39 is 14.6 Å². The largest absolute Gasteiger partial charge is 0.486 e. The Bertz CT molecular complexity index is 1420. The van der Waals surface area contributed by atoms with Crippen LogP contribution in [0.2, 0.25) is 0 Å². The highest BCUT2D eigenvalue weighted by atomic mass is 32.2. The van der Waals surface area contributed by atoms with Crippen molar-refractivity contribution in [3.63, 3.8) is 0 Å². The Balaban J connectivity index is 1.65. The maximum atomic E-state index is 13.0. The predicted octanol–water partition coefficient (Wildman–Crippen LogP) is 2.52.